The normalized spacial score (nSPS) is 27.2. The van der Waals surface area contributed by atoms with Crippen molar-refractivity contribution in [3.05, 3.63) is 35.4 Å². The number of amides is 1. The summed E-state index contributed by atoms with van der Waals surface area (Å²) in [5, 5.41) is 3.10. The standard InChI is InChI=1S/C21H33N3O2/c1-17-11-18(2)14-24(13-17)16-21(25)22-12-19-3-5-20(6-4-19)15-23-7-9-26-10-8-23/h3-6,17-18H,7-16H2,1-2H3,(H,22,25)/p+2/t17-,18-/m0/s1. The molecule has 1 aromatic rings. The number of likely N-dealkylation sites (tertiary alicyclic amines) is 1. The van der Waals surface area contributed by atoms with Crippen LogP contribution in [0, 0.1) is 11.8 Å². The summed E-state index contributed by atoms with van der Waals surface area (Å²) in [6.45, 7) is 13.1. The number of carbonyl (C=O) groups excluding carboxylic acids is 1. The number of morpholine rings is 1. The summed E-state index contributed by atoms with van der Waals surface area (Å²) in [5.74, 6) is 1.62. The number of rotatable bonds is 6. The van der Waals surface area contributed by atoms with Gasteiger partial charge >= 0.3 is 0 Å². The third-order valence-electron chi connectivity index (χ3n) is 5.66. The summed E-state index contributed by atoms with van der Waals surface area (Å²) in [7, 11) is 0. The molecule has 2 atom stereocenters. The van der Waals surface area contributed by atoms with Crippen LogP contribution in [-0.4, -0.2) is 51.8 Å². The van der Waals surface area contributed by atoms with Gasteiger partial charge in [-0.2, -0.15) is 0 Å². The van der Waals surface area contributed by atoms with Crippen LogP contribution < -0.4 is 15.1 Å². The number of carbonyl (C=O) groups is 1. The maximum absolute atomic E-state index is 12.3. The average molecular weight is 362 g/mol. The number of nitrogens with one attached hydrogen (secondary N) is 3. The molecule has 1 amide bonds. The van der Waals surface area contributed by atoms with E-state index in [1.807, 2.05) is 0 Å². The zero-order chi connectivity index (χ0) is 18.4. The van der Waals surface area contributed by atoms with E-state index in [0.717, 1.165) is 57.8 Å². The van der Waals surface area contributed by atoms with E-state index in [4.69, 9.17) is 4.74 Å². The summed E-state index contributed by atoms with van der Waals surface area (Å²) in [4.78, 5) is 15.3. The summed E-state index contributed by atoms with van der Waals surface area (Å²) in [6, 6.07) is 8.69. The third kappa shape index (κ3) is 6.08. The second-order valence-electron chi connectivity index (χ2n) is 8.41. The molecule has 2 aliphatic rings. The molecule has 0 spiro atoms. The van der Waals surface area contributed by atoms with Gasteiger partial charge in [-0.3, -0.25) is 4.79 Å². The molecule has 5 nitrogen and oxygen atoms in total. The first-order valence-electron chi connectivity index (χ1n) is 10.2. The van der Waals surface area contributed by atoms with Gasteiger partial charge in [-0.05, 0) is 12.0 Å². The summed E-state index contributed by atoms with van der Waals surface area (Å²) < 4.78 is 5.41. The molecular weight excluding hydrogens is 326 g/mol. The van der Waals surface area contributed by atoms with Gasteiger partial charge < -0.3 is 19.9 Å². The van der Waals surface area contributed by atoms with E-state index in [2.05, 4.69) is 43.4 Å². The Morgan fingerprint density at radius 3 is 2.31 bits per heavy atom. The summed E-state index contributed by atoms with van der Waals surface area (Å²) in [6.07, 6.45) is 1.30. The molecule has 1 aromatic carbocycles. The summed E-state index contributed by atoms with van der Waals surface area (Å²) in [5.41, 5.74) is 2.53. The first-order chi connectivity index (χ1) is 12.6. The van der Waals surface area contributed by atoms with Gasteiger partial charge in [0.15, 0.2) is 6.54 Å². The molecule has 0 aliphatic carbocycles. The van der Waals surface area contributed by atoms with Gasteiger partial charge in [-0.25, -0.2) is 0 Å². The van der Waals surface area contributed by atoms with Crippen LogP contribution >= 0.6 is 0 Å². The highest BCUT2D eigenvalue weighted by atomic mass is 16.5. The van der Waals surface area contributed by atoms with Crippen LogP contribution in [0.1, 0.15) is 31.4 Å². The maximum atomic E-state index is 12.3. The minimum atomic E-state index is 0.170. The van der Waals surface area contributed by atoms with Crippen molar-refractivity contribution in [2.45, 2.75) is 33.4 Å². The lowest BCUT2D eigenvalue weighted by molar-refractivity contribution is -0.921. The predicted octanol–water partition coefficient (Wildman–Crippen LogP) is -0.721. The van der Waals surface area contributed by atoms with Crippen LogP contribution in [0.3, 0.4) is 0 Å². The van der Waals surface area contributed by atoms with Crippen LogP contribution in [-0.2, 0) is 22.6 Å². The number of ether oxygens (including phenoxy) is 1. The van der Waals surface area contributed by atoms with E-state index in [1.54, 1.807) is 4.90 Å². The van der Waals surface area contributed by atoms with Gasteiger partial charge in [0.25, 0.3) is 5.91 Å². The minimum absolute atomic E-state index is 0.170. The van der Waals surface area contributed by atoms with Crippen molar-refractivity contribution in [1.29, 1.82) is 0 Å². The van der Waals surface area contributed by atoms with Crippen molar-refractivity contribution >= 4 is 5.91 Å². The van der Waals surface area contributed by atoms with Gasteiger partial charge in [0.05, 0.1) is 26.3 Å². The quantitative estimate of drug-likeness (QED) is 0.626. The second-order valence-corrected chi connectivity index (χ2v) is 8.41. The molecule has 3 rings (SSSR count). The van der Waals surface area contributed by atoms with Crippen LogP contribution in [0.2, 0.25) is 0 Å². The molecule has 2 saturated heterocycles. The molecule has 26 heavy (non-hydrogen) atoms. The monoisotopic (exact) mass is 361 g/mol. The topological polar surface area (TPSA) is 47.2 Å². The van der Waals surface area contributed by atoms with E-state index in [-0.39, 0.29) is 5.91 Å². The predicted molar refractivity (Wildman–Crippen MR) is 102 cm³/mol. The Kier molecular flexibility index (Phi) is 7.06. The molecule has 0 aromatic heterocycles. The van der Waals surface area contributed by atoms with Crippen molar-refractivity contribution in [3.8, 4) is 0 Å². The fourth-order valence-electron chi connectivity index (χ4n) is 4.46. The molecule has 2 aliphatic heterocycles. The average Bonchev–Trinajstić information content (AvgIpc) is 2.61. The fourth-order valence-corrected chi connectivity index (χ4v) is 4.46. The van der Waals surface area contributed by atoms with Crippen molar-refractivity contribution in [2.75, 3.05) is 45.9 Å². The highest BCUT2D eigenvalue weighted by molar-refractivity contribution is 5.76. The van der Waals surface area contributed by atoms with Gasteiger partial charge in [0, 0.05) is 23.9 Å². The molecule has 2 fully saturated rings. The molecule has 2 heterocycles. The van der Waals surface area contributed by atoms with E-state index < -0.39 is 0 Å². The number of benzene rings is 1. The first-order valence-corrected chi connectivity index (χ1v) is 10.2. The van der Waals surface area contributed by atoms with Crippen molar-refractivity contribution < 1.29 is 19.3 Å². The lowest BCUT2D eigenvalue weighted by atomic mass is 9.92. The molecule has 0 radical (unpaired) electrons. The molecule has 5 heteroatoms. The van der Waals surface area contributed by atoms with Crippen LogP contribution in [0.25, 0.3) is 0 Å². The summed E-state index contributed by atoms with van der Waals surface area (Å²) >= 11 is 0. The molecule has 0 saturated carbocycles. The molecule has 3 N–H and O–H groups in total. The van der Waals surface area contributed by atoms with E-state index >= 15 is 0 Å². The largest absolute Gasteiger partial charge is 0.370 e. The number of hydrogen-bond acceptors (Lipinski definition) is 2. The zero-order valence-corrected chi connectivity index (χ0v) is 16.4. The SMILES string of the molecule is C[C@H]1C[C@H](C)C[NH+](CC(=O)NCc2ccc(C[NH+]3CCOCC3)cc2)C1. The van der Waals surface area contributed by atoms with Crippen molar-refractivity contribution in [3.63, 3.8) is 0 Å². The van der Waals surface area contributed by atoms with E-state index in [1.165, 1.54) is 22.4 Å². The number of hydrogen-bond donors (Lipinski definition) is 3. The first kappa shape index (κ1) is 19.3. The maximum Gasteiger partial charge on any atom is 0.275 e. The highest BCUT2D eigenvalue weighted by Gasteiger charge is 2.26. The molecule has 0 unspecified atom stereocenters. The van der Waals surface area contributed by atoms with Gasteiger partial charge in [-0.15, -0.1) is 0 Å². The van der Waals surface area contributed by atoms with Gasteiger partial charge in [0.1, 0.15) is 19.6 Å². The van der Waals surface area contributed by atoms with Crippen LogP contribution in [0.5, 0.6) is 0 Å². The Labute approximate surface area is 157 Å². The van der Waals surface area contributed by atoms with E-state index in [0.29, 0.717) is 13.1 Å². The smallest absolute Gasteiger partial charge is 0.275 e. The Balaban J connectivity index is 1.40. The van der Waals surface area contributed by atoms with Gasteiger partial charge in [0.2, 0.25) is 0 Å². The Morgan fingerprint density at radius 1 is 1.04 bits per heavy atom. The van der Waals surface area contributed by atoms with Crippen molar-refractivity contribution in [2.24, 2.45) is 11.8 Å². The Bertz CT molecular complexity index is 559. The Hall–Kier alpha value is -1.43. The molecule has 144 valence electrons. The second kappa shape index (κ2) is 9.49. The lowest BCUT2D eigenvalue weighted by Gasteiger charge is -2.31. The van der Waals surface area contributed by atoms with E-state index in [9.17, 15) is 4.79 Å². The number of quaternary nitrogens is 2. The Morgan fingerprint density at radius 2 is 1.65 bits per heavy atom. The van der Waals surface area contributed by atoms with Crippen LogP contribution in [0.4, 0.5) is 0 Å². The molecule has 0 bridgehead atoms. The third-order valence-corrected chi connectivity index (χ3v) is 5.66. The fraction of sp³-hybridized carbons (Fsp3) is 0.667. The number of piperidine rings is 1. The minimum Gasteiger partial charge on any atom is -0.370 e. The highest BCUT2D eigenvalue weighted by Crippen LogP contribution is 2.11. The van der Waals surface area contributed by atoms with Gasteiger partial charge in [-0.1, -0.05) is 38.1 Å². The lowest BCUT2D eigenvalue weighted by Crippen LogP contribution is -3.15. The molecular formula is C21H35N3O2+2. The van der Waals surface area contributed by atoms with Crippen molar-refractivity contribution in [1.82, 2.24) is 5.32 Å². The zero-order valence-electron chi connectivity index (χ0n) is 16.4. The van der Waals surface area contributed by atoms with Crippen LogP contribution in [0.15, 0.2) is 24.3 Å².